The minimum Gasteiger partial charge on any atom is -0.291 e. The highest BCUT2D eigenvalue weighted by atomic mass is 15.1. The molecule has 3 rings (SSSR count). The van der Waals surface area contributed by atoms with E-state index in [-0.39, 0.29) is 0 Å². The van der Waals surface area contributed by atoms with E-state index in [0.29, 0.717) is 0 Å². The molecule has 0 bridgehead atoms. The van der Waals surface area contributed by atoms with Crippen molar-refractivity contribution < 1.29 is 0 Å². The third-order valence-corrected chi connectivity index (χ3v) is 3.47. The second-order valence-electron chi connectivity index (χ2n) is 5.21. The molecule has 22 heavy (non-hydrogen) atoms. The lowest BCUT2D eigenvalue weighted by atomic mass is 10.2. The molecule has 3 heterocycles. The lowest BCUT2D eigenvalue weighted by Crippen LogP contribution is -2.22. The molecule has 3 aromatic heterocycles. The van der Waals surface area contributed by atoms with Crippen molar-refractivity contribution in [3.8, 4) is 0 Å². The van der Waals surface area contributed by atoms with Gasteiger partial charge in [-0.05, 0) is 53.1 Å². The number of hydrogen-bond donors (Lipinski definition) is 0. The molecule has 0 radical (unpaired) electrons. The maximum Gasteiger partial charge on any atom is 0.0271 e. The van der Waals surface area contributed by atoms with Gasteiger partial charge in [-0.25, -0.2) is 0 Å². The molecule has 0 saturated carbocycles. The van der Waals surface area contributed by atoms with Gasteiger partial charge in [0.05, 0.1) is 0 Å². The fourth-order valence-corrected chi connectivity index (χ4v) is 2.41. The first-order chi connectivity index (χ1) is 10.9. The van der Waals surface area contributed by atoms with Crippen LogP contribution in [-0.2, 0) is 19.6 Å². The number of rotatable bonds is 6. The van der Waals surface area contributed by atoms with Crippen molar-refractivity contribution in [2.24, 2.45) is 0 Å². The summed E-state index contributed by atoms with van der Waals surface area (Å²) in [4.78, 5) is 14.7. The molecule has 0 atom stereocenters. The van der Waals surface area contributed by atoms with Gasteiger partial charge in [0.1, 0.15) is 0 Å². The SMILES string of the molecule is c1cc(CN(Cc2ccncc2)Cc2ccncc2)ccn1. The van der Waals surface area contributed by atoms with Crippen molar-refractivity contribution in [2.75, 3.05) is 0 Å². The monoisotopic (exact) mass is 290 g/mol. The Bertz CT molecular complexity index is 573. The van der Waals surface area contributed by atoms with E-state index in [9.17, 15) is 0 Å². The van der Waals surface area contributed by atoms with E-state index in [4.69, 9.17) is 0 Å². The van der Waals surface area contributed by atoms with Crippen LogP contribution in [0.4, 0.5) is 0 Å². The van der Waals surface area contributed by atoms with Crippen molar-refractivity contribution in [1.29, 1.82) is 0 Å². The van der Waals surface area contributed by atoms with Gasteiger partial charge in [-0.3, -0.25) is 19.9 Å². The molecule has 0 aromatic carbocycles. The molecule has 110 valence electrons. The smallest absolute Gasteiger partial charge is 0.0271 e. The zero-order chi connectivity index (χ0) is 15.0. The maximum absolute atomic E-state index is 4.09. The zero-order valence-corrected chi connectivity index (χ0v) is 12.3. The average molecular weight is 290 g/mol. The van der Waals surface area contributed by atoms with E-state index in [2.05, 4.69) is 56.3 Å². The standard InChI is InChI=1S/C18H18N4/c1-7-19-8-2-16(1)13-22(14-17-3-9-20-10-4-17)15-18-5-11-21-12-6-18/h1-12H,13-15H2. The highest BCUT2D eigenvalue weighted by Crippen LogP contribution is 2.13. The van der Waals surface area contributed by atoms with Crippen LogP contribution in [-0.4, -0.2) is 19.9 Å². The first-order valence-corrected chi connectivity index (χ1v) is 7.29. The van der Waals surface area contributed by atoms with Crippen LogP contribution in [0.15, 0.2) is 73.6 Å². The van der Waals surface area contributed by atoms with Gasteiger partial charge >= 0.3 is 0 Å². The van der Waals surface area contributed by atoms with Gasteiger partial charge in [-0.1, -0.05) is 0 Å². The minimum absolute atomic E-state index is 0.882. The summed E-state index contributed by atoms with van der Waals surface area (Å²) in [5, 5.41) is 0. The van der Waals surface area contributed by atoms with Gasteiger partial charge in [-0.2, -0.15) is 0 Å². The van der Waals surface area contributed by atoms with Crippen LogP contribution in [0.1, 0.15) is 16.7 Å². The number of hydrogen-bond acceptors (Lipinski definition) is 4. The van der Waals surface area contributed by atoms with Crippen LogP contribution in [0, 0.1) is 0 Å². The summed E-state index contributed by atoms with van der Waals surface area (Å²) in [6.07, 6.45) is 11.0. The highest BCUT2D eigenvalue weighted by molar-refractivity contribution is 5.15. The second-order valence-corrected chi connectivity index (χ2v) is 5.21. The first kappa shape index (κ1) is 14.4. The quantitative estimate of drug-likeness (QED) is 0.699. The lowest BCUT2D eigenvalue weighted by Gasteiger charge is -2.22. The molecular formula is C18H18N4. The summed E-state index contributed by atoms with van der Waals surface area (Å²) in [5.74, 6) is 0. The number of aromatic nitrogens is 3. The molecule has 0 aliphatic carbocycles. The summed E-state index contributed by atoms with van der Waals surface area (Å²) in [5.41, 5.74) is 3.79. The lowest BCUT2D eigenvalue weighted by molar-refractivity contribution is 0.247. The van der Waals surface area contributed by atoms with Crippen LogP contribution in [0.3, 0.4) is 0 Å². The van der Waals surface area contributed by atoms with Gasteiger partial charge < -0.3 is 0 Å². The molecule has 0 fully saturated rings. The molecule has 0 amide bonds. The van der Waals surface area contributed by atoms with Gasteiger partial charge in [-0.15, -0.1) is 0 Å². The Morgan fingerprint density at radius 2 is 0.773 bits per heavy atom. The van der Waals surface area contributed by atoms with E-state index in [1.807, 2.05) is 37.2 Å². The first-order valence-electron chi connectivity index (χ1n) is 7.29. The van der Waals surface area contributed by atoms with E-state index in [1.54, 1.807) is 0 Å². The molecular weight excluding hydrogens is 272 g/mol. The molecule has 0 unspecified atom stereocenters. The molecule has 0 saturated heterocycles. The van der Waals surface area contributed by atoms with Crippen LogP contribution in [0.5, 0.6) is 0 Å². The Labute approximate surface area is 130 Å². The van der Waals surface area contributed by atoms with Gasteiger partial charge in [0.15, 0.2) is 0 Å². The van der Waals surface area contributed by atoms with Crippen LogP contribution >= 0.6 is 0 Å². The zero-order valence-electron chi connectivity index (χ0n) is 12.3. The third kappa shape index (κ3) is 4.20. The summed E-state index contributed by atoms with van der Waals surface area (Å²) in [6, 6.07) is 12.4. The Hall–Kier alpha value is -2.59. The van der Waals surface area contributed by atoms with Gasteiger partial charge in [0, 0.05) is 56.8 Å². The van der Waals surface area contributed by atoms with Crippen LogP contribution in [0.2, 0.25) is 0 Å². The van der Waals surface area contributed by atoms with Crippen molar-refractivity contribution >= 4 is 0 Å². The normalized spacial score (nSPS) is 10.8. The molecule has 3 aromatic rings. The van der Waals surface area contributed by atoms with Crippen molar-refractivity contribution in [1.82, 2.24) is 19.9 Å². The average Bonchev–Trinajstić information content (AvgIpc) is 2.57. The highest BCUT2D eigenvalue weighted by Gasteiger charge is 2.08. The Kier molecular flexibility index (Phi) is 4.85. The fourth-order valence-electron chi connectivity index (χ4n) is 2.41. The van der Waals surface area contributed by atoms with Crippen LogP contribution in [0.25, 0.3) is 0 Å². The van der Waals surface area contributed by atoms with E-state index >= 15 is 0 Å². The summed E-state index contributed by atoms with van der Waals surface area (Å²) < 4.78 is 0. The number of pyridine rings is 3. The van der Waals surface area contributed by atoms with Crippen molar-refractivity contribution in [3.05, 3.63) is 90.3 Å². The minimum atomic E-state index is 0.882. The molecule has 4 nitrogen and oxygen atoms in total. The molecule has 0 spiro atoms. The van der Waals surface area contributed by atoms with Gasteiger partial charge in [0.2, 0.25) is 0 Å². The maximum atomic E-state index is 4.09. The molecule has 0 aliphatic rings. The largest absolute Gasteiger partial charge is 0.291 e. The summed E-state index contributed by atoms with van der Waals surface area (Å²) in [6.45, 7) is 2.65. The van der Waals surface area contributed by atoms with E-state index in [0.717, 1.165) is 19.6 Å². The third-order valence-electron chi connectivity index (χ3n) is 3.47. The van der Waals surface area contributed by atoms with E-state index in [1.165, 1.54) is 16.7 Å². The summed E-state index contributed by atoms with van der Waals surface area (Å²) >= 11 is 0. The molecule has 0 aliphatic heterocycles. The Morgan fingerprint density at radius 1 is 0.500 bits per heavy atom. The molecule has 4 heteroatoms. The Balaban J connectivity index is 1.75. The van der Waals surface area contributed by atoms with Crippen molar-refractivity contribution in [2.45, 2.75) is 19.6 Å². The topological polar surface area (TPSA) is 41.9 Å². The fraction of sp³-hybridized carbons (Fsp3) is 0.167. The predicted molar refractivity (Wildman–Crippen MR) is 85.7 cm³/mol. The van der Waals surface area contributed by atoms with Crippen LogP contribution < -0.4 is 0 Å². The second kappa shape index (κ2) is 7.43. The molecule has 0 N–H and O–H groups in total. The van der Waals surface area contributed by atoms with Gasteiger partial charge in [0.25, 0.3) is 0 Å². The van der Waals surface area contributed by atoms with E-state index < -0.39 is 0 Å². The van der Waals surface area contributed by atoms with Crippen molar-refractivity contribution in [3.63, 3.8) is 0 Å². The Morgan fingerprint density at radius 3 is 1.05 bits per heavy atom. The predicted octanol–water partition coefficient (Wildman–Crippen LogP) is 3.07. The number of nitrogens with zero attached hydrogens (tertiary/aromatic N) is 4. The summed E-state index contributed by atoms with van der Waals surface area (Å²) in [7, 11) is 0.